The monoisotopic (exact) mass is 453 g/mol. The van der Waals surface area contributed by atoms with E-state index in [0.29, 0.717) is 6.54 Å². The van der Waals surface area contributed by atoms with Crippen molar-refractivity contribution in [3.05, 3.63) is 78.4 Å². The first-order valence-electron chi connectivity index (χ1n) is 10.7. The van der Waals surface area contributed by atoms with Gasteiger partial charge in [0.15, 0.2) is 0 Å². The van der Waals surface area contributed by atoms with E-state index in [0.717, 1.165) is 16.3 Å². The number of likely N-dealkylation sites (N-methyl/N-ethyl adjacent to an activating group) is 1. The molecule has 6 nitrogen and oxygen atoms in total. The van der Waals surface area contributed by atoms with Gasteiger partial charge in [0.1, 0.15) is 6.04 Å². The molecule has 0 radical (unpaired) electrons. The molecular formula is C25H31N3O3S. The predicted octanol–water partition coefficient (Wildman–Crippen LogP) is 3.56. The van der Waals surface area contributed by atoms with E-state index in [9.17, 15) is 13.2 Å². The first kappa shape index (κ1) is 23.9. The van der Waals surface area contributed by atoms with Crippen LogP contribution in [0.3, 0.4) is 0 Å². The molecule has 0 spiro atoms. The van der Waals surface area contributed by atoms with Gasteiger partial charge in [0.05, 0.1) is 10.9 Å². The van der Waals surface area contributed by atoms with Crippen molar-refractivity contribution in [2.24, 2.45) is 5.92 Å². The van der Waals surface area contributed by atoms with Gasteiger partial charge in [0.2, 0.25) is 15.9 Å². The Morgan fingerprint density at radius 2 is 1.53 bits per heavy atom. The van der Waals surface area contributed by atoms with Crippen LogP contribution in [0, 0.1) is 5.92 Å². The van der Waals surface area contributed by atoms with Crippen molar-refractivity contribution in [1.29, 1.82) is 0 Å². The van der Waals surface area contributed by atoms with Crippen LogP contribution in [0.25, 0.3) is 10.8 Å². The Bertz CT molecular complexity index is 1160. The second-order valence-corrected chi connectivity index (χ2v) is 10.2. The van der Waals surface area contributed by atoms with E-state index in [1.165, 1.54) is 0 Å². The summed E-state index contributed by atoms with van der Waals surface area (Å²) in [6.07, 6.45) is 0. The third-order valence-electron chi connectivity index (χ3n) is 5.54. The maximum atomic E-state index is 13.1. The molecule has 0 saturated carbocycles. The van der Waals surface area contributed by atoms with Gasteiger partial charge >= 0.3 is 0 Å². The zero-order valence-corrected chi connectivity index (χ0v) is 19.8. The minimum atomic E-state index is -3.87. The van der Waals surface area contributed by atoms with E-state index in [1.807, 2.05) is 87.4 Å². The molecule has 2 atom stereocenters. The highest BCUT2D eigenvalue weighted by molar-refractivity contribution is 7.89. The summed E-state index contributed by atoms with van der Waals surface area (Å²) in [6, 6.07) is 21.5. The number of carbonyl (C=O) groups excluding carboxylic acids is 1. The molecule has 2 N–H and O–H groups in total. The Morgan fingerprint density at radius 3 is 2.16 bits per heavy atom. The minimum Gasteiger partial charge on any atom is -0.353 e. The highest BCUT2D eigenvalue weighted by atomic mass is 32.2. The fourth-order valence-electron chi connectivity index (χ4n) is 3.64. The zero-order chi connectivity index (χ0) is 23.3. The average molecular weight is 454 g/mol. The van der Waals surface area contributed by atoms with Crippen LogP contribution in [-0.4, -0.2) is 45.9 Å². The Morgan fingerprint density at radius 1 is 0.906 bits per heavy atom. The fourth-order valence-corrected chi connectivity index (χ4v) is 5.02. The summed E-state index contributed by atoms with van der Waals surface area (Å²) in [4.78, 5) is 15.2. The van der Waals surface area contributed by atoms with Gasteiger partial charge in [-0.3, -0.25) is 4.79 Å². The van der Waals surface area contributed by atoms with Gasteiger partial charge in [-0.2, -0.15) is 4.72 Å². The topological polar surface area (TPSA) is 78.5 Å². The lowest BCUT2D eigenvalue weighted by atomic mass is 10.0. The van der Waals surface area contributed by atoms with Gasteiger partial charge in [0.25, 0.3) is 0 Å². The third kappa shape index (κ3) is 5.73. The van der Waals surface area contributed by atoms with Crippen molar-refractivity contribution in [3.8, 4) is 0 Å². The summed E-state index contributed by atoms with van der Waals surface area (Å²) in [5.74, 6) is -0.563. The number of benzene rings is 3. The lowest BCUT2D eigenvalue weighted by molar-refractivity contribution is -0.123. The fraction of sp³-hybridized carbons (Fsp3) is 0.320. The van der Waals surface area contributed by atoms with Gasteiger partial charge in [-0.25, -0.2) is 8.42 Å². The van der Waals surface area contributed by atoms with Crippen LogP contribution >= 0.6 is 0 Å². The quantitative estimate of drug-likeness (QED) is 0.519. The van der Waals surface area contributed by atoms with Crippen molar-refractivity contribution in [3.63, 3.8) is 0 Å². The SMILES string of the molecule is CC(C)C(NS(=O)(=O)c1ccc2ccccc2c1)C(=O)NCC(c1ccccc1)N(C)C. The maximum absolute atomic E-state index is 13.1. The molecule has 0 heterocycles. The lowest BCUT2D eigenvalue weighted by Crippen LogP contribution is -2.50. The first-order chi connectivity index (χ1) is 15.2. The number of rotatable bonds is 9. The van der Waals surface area contributed by atoms with E-state index < -0.39 is 16.1 Å². The molecule has 0 aliphatic heterocycles. The van der Waals surface area contributed by atoms with Gasteiger partial charge in [0, 0.05) is 6.54 Å². The molecule has 170 valence electrons. The van der Waals surface area contributed by atoms with Crippen LogP contribution in [0.5, 0.6) is 0 Å². The van der Waals surface area contributed by atoms with Crippen molar-refractivity contribution < 1.29 is 13.2 Å². The van der Waals surface area contributed by atoms with Crippen LogP contribution in [0.2, 0.25) is 0 Å². The smallest absolute Gasteiger partial charge is 0.241 e. The van der Waals surface area contributed by atoms with Crippen molar-refractivity contribution in [2.45, 2.75) is 30.8 Å². The van der Waals surface area contributed by atoms with Gasteiger partial charge in [-0.15, -0.1) is 0 Å². The second kappa shape index (κ2) is 10.3. The summed E-state index contributed by atoms with van der Waals surface area (Å²) in [7, 11) is 0.0319. The number of nitrogens with zero attached hydrogens (tertiary/aromatic N) is 1. The van der Waals surface area contributed by atoms with Crippen molar-refractivity contribution in [1.82, 2.24) is 14.9 Å². The summed E-state index contributed by atoms with van der Waals surface area (Å²) in [6.45, 7) is 4.03. The molecule has 0 fully saturated rings. The van der Waals surface area contributed by atoms with Crippen molar-refractivity contribution >= 4 is 26.7 Å². The Balaban J connectivity index is 1.75. The number of hydrogen-bond donors (Lipinski definition) is 2. The number of amides is 1. The van der Waals surface area contributed by atoms with E-state index in [-0.39, 0.29) is 22.8 Å². The number of carbonyl (C=O) groups is 1. The van der Waals surface area contributed by atoms with Gasteiger partial charge in [-0.1, -0.05) is 74.5 Å². The molecule has 0 aliphatic carbocycles. The minimum absolute atomic E-state index is 0.0231. The summed E-state index contributed by atoms with van der Waals surface area (Å²) < 4.78 is 28.7. The van der Waals surface area contributed by atoms with Crippen LogP contribution in [0.1, 0.15) is 25.5 Å². The Kier molecular flexibility index (Phi) is 7.66. The first-order valence-corrected chi connectivity index (χ1v) is 12.2. The molecule has 2 unspecified atom stereocenters. The highest BCUT2D eigenvalue weighted by Crippen LogP contribution is 2.20. The standard InChI is InChI=1S/C25H31N3O3S/c1-18(2)24(25(29)26-17-23(28(3)4)20-11-6-5-7-12-20)27-32(30,31)22-15-14-19-10-8-9-13-21(19)16-22/h5-16,18,23-24,27H,17H2,1-4H3,(H,26,29). The number of nitrogens with one attached hydrogen (secondary N) is 2. The van der Waals surface area contributed by atoms with Crippen molar-refractivity contribution in [2.75, 3.05) is 20.6 Å². The molecule has 0 bridgehead atoms. The summed E-state index contributed by atoms with van der Waals surface area (Å²) in [5.41, 5.74) is 1.08. The zero-order valence-electron chi connectivity index (χ0n) is 18.9. The molecule has 7 heteroatoms. The Labute approximate surface area is 190 Å². The van der Waals surface area contributed by atoms with Crippen LogP contribution in [-0.2, 0) is 14.8 Å². The van der Waals surface area contributed by atoms with Crippen LogP contribution in [0.4, 0.5) is 0 Å². The normalized spacial score (nSPS) is 13.9. The molecule has 3 aromatic carbocycles. The lowest BCUT2D eigenvalue weighted by Gasteiger charge is -2.27. The predicted molar refractivity (Wildman–Crippen MR) is 129 cm³/mol. The largest absolute Gasteiger partial charge is 0.353 e. The molecule has 1 amide bonds. The average Bonchev–Trinajstić information content (AvgIpc) is 2.77. The summed E-state index contributed by atoms with van der Waals surface area (Å²) >= 11 is 0. The maximum Gasteiger partial charge on any atom is 0.241 e. The van der Waals surface area contributed by atoms with E-state index in [1.54, 1.807) is 18.2 Å². The number of hydrogen-bond acceptors (Lipinski definition) is 4. The summed E-state index contributed by atoms with van der Waals surface area (Å²) in [5, 5.41) is 4.73. The van der Waals surface area contributed by atoms with Gasteiger partial charge in [-0.05, 0) is 48.5 Å². The molecule has 3 rings (SSSR count). The molecular weight excluding hydrogens is 422 g/mol. The third-order valence-corrected chi connectivity index (χ3v) is 6.98. The molecule has 0 aliphatic rings. The van der Waals surface area contributed by atoms with Crippen LogP contribution < -0.4 is 10.0 Å². The van der Waals surface area contributed by atoms with E-state index in [2.05, 4.69) is 10.0 Å². The second-order valence-electron chi connectivity index (χ2n) is 8.49. The molecule has 0 saturated heterocycles. The molecule has 32 heavy (non-hydrogen) atoms. The van der Waals surface area contributed by atoms with Crippen LogP contribution in [0.15, 0.2) is 77.7 Å². The van der Waals surface area contributed by atoms with E-state index >= 15 is 0 Å². The number of sulfonamides is 1. The molecule has 3 aromatic rings. The van der Waals surface area contributed by atoms with Gasteiger partial charge < -0.3 is 10.2 Å². The van der Waals surface area contributed by atoms with E-state index in [4.69, 9.17) is 0 Å². The highest BCUT2D eigenvalue weighted by Gasteiger charge is 2.29. The molecule has 0 aromatic heterocycles. The Hall–Kier alpha value is -2.74. The number of fused-ring (bicyclic) bond motifs is 1.